The van der Waals surface area contributed by atoms with Crippen molar-refractivity contribution in [3.8, 4) is 0 Å². The van der Waals surface area contributed by atoms with Crippen LogP contribution in [0.15, 0.2) is 36.4 Å². The van der Waals surface area contributed by atoms with Crippen molar-refractivity contribution in [3.63, 3.8) is 0 Å². The SMILES string of the molecule is CCOC(=O)/C=C(/c1ccccc1)N1CCCC1. The van der Waals surface area contributed by atoms with Crippen LogP contribution in [-0.4, -0.2) is 30.6 Å². The van der Waals surface area contributed by atoms with Gasteiger partial charge in [0.2, 0.25) is 0 Å². The van der Waals surface area contributed by atoms with E-state index in [9.17, 15) is 4.79 Å². The smallest absolute Gasteiger partial charge is 0.332 e. The van der Waals surface area contributed by atoms with Gasteiger partial charge < -0.3 is 9.64 Å². The number of hydrogen-bond acceptors (Lipinski definition) is 3. The van der Waals surface area contributed by atoms with Gasteiger partial charge in [0.25, 0.3) is 0 Å². The number of carbonyl (C=O) groups is 1. The normalized spacial score (nSPS) is 15.8. The van der Waals surface area contributed by atoms with Gasteiger partial charge in [-0.15, -0.1) is 0 Å². The largest absolute Gasteiger partial charge is 0.463 e. The van der Waals surface area contributed by atoms with Crippen molar-refractivity contribution in [1.82, 2.24) is 4.90 Å². The number of hydrogen-bond donors (Lipinski definition) is 0. The third-order valence-electron chi connectivity index (χ3n) is 3.06. The Balaban J connectivity index is 2.25. The quantitative estimate of drug-likeness (QED) is 0.603. The first-order valence-electron chi connectivity index (χ1n) is 6.50. The standard InChI is InChI=1S/C15H19NO2/c1-2-18-15(17)12-14(16-10-6-7-11-16)13-8-4-3-5-9-13/h3-5,8-9,12H,2,6-7,10-11H2,1H3/b14-12-. The van der Waals surface area contributed by atoms with Gasteiger partial charge in [0.15, 0.2) is 0 Å². The summed E-state index contributed by atoms with van der Waals surface area (Å²) in [7, 11) is 0. The van der Waals surface area contributed by atoms with Crippen LogP contribution < -0.4 is 0 Å². The third kappa shape index (κ3) is 3.13. The summed E-state index contributed by atoms with van der Waals surface area (Å²) in [5.41, 5.74) is 2.05. The lowest BCUT2D eigenvalue weighted by Gasteiger charge is -2.21. The fraction of sp³-hybridized carbons (Fsp3) is 0.400. The number of nitrogens with zero attached hydrogens (tertiary/aromatic N) is 1. The lowest BCUT2D eigenvalue weighted by atomic mass is 10.1. The summed E-state index contributed by atoms with van der Waals surface area (Å²) in [4.78, 5) is 13.9. The highest BCUT2D eigenvalue weighted by atomic mass is 16.5. The van der Waals surface area contributed by atoms with Gasteiger partial charge in [-0.25, -0.2) is 4.79 Å². The Morgan fingerprint density at radius 2 is 1.94 bits per heavy atom. The summed E-state index contributed by atoms with van der Waals surface area (Å²) >= 11 is 0. The van der Waals surface area contributed by atoms with Gasteiger partial charge >= 0.3 is 5.97 Å². The van der Waals surface area contributed by atoms with Gasteiger partial charge in [-0.1, -0.05) is 30.3 Å². The van der Waals surface area contributed by atoms with Crippen molar-refractivity contribution in [2.45, 2.75) is 19.8 Å². The first kappa shape index (κ1) is 12.7. The van der Waals surface area contributed by atoms with Crippen molar-refractivity contribution >= 4 is 11.7 Å². The zero-order valence-electron chi connectivity index (χ0n) is 10.8. The molecule has 0 saturated carbocycles. The summed E-state index contributed by atoms with van der Waals surface area (Å²) in [6, 6.07) is 10.0. The lowest BCUT2D eigenvalue weighted by Crippen LogP contribution is -2.19. The fourth-order valence-corrected chi connectivity index (χ4v) is 2.22. The molecule has 1 saturated heterocycles. The Kier molecular flexibility index (Phi) is 4.40. The minimum Gasteiger partial charge on any atom is -0.463 e. The number of rotatable bonds is 4. The van der Waals surface area contributed by atoms with Crippen LogP contribution in [0.5, 0.6) is 0 Å². The maximum absolute atomic E-state index is 11.7. The predicted molar refractivity (Wildman–Crippen MR) is 71.9 cm³/mol. The molecule has 0 radical (unpaired) electrons. The minimum atomic E-state index is -0.261. The zero-order valence-corrected chi connectivity index (χ0v) is 10.8. The molecule has 0 aromatic heterocycles. The lowest BCUT2D eigenvalue weighted by molar-refractivity contribution is -0.137. The topological polar surface area (TPSA) is 29.5 Å². The zero-order chi connectivity index (χ0) is 12.8. The van der Waals surface area contributed by atoms with Crippen LogP contribution in [0.4, 0.5) is 0 Å². The van der Waals surface area contributed by atoms with Crippen molar-refractivity contribution in [1.29, 1.82) is 0 Å². The molecular weight excluding hydrogens is 226 g/mol. The molecule has 0 N–H and O–H groups in total. The van der Waals surface area contributed by atoms with Crippen molar-refractivity contribution in [3.05, 3.63) is 42.0 Å². The van der Waals surface area contributed by atoms with Crippen molar-refractivity contribution in [2.75, 3.05) is 19.7 Å². The number of esters is 1. The van der Waals surface area contributed by atoms with Gasteiger partial charge in [0, 0.05) is 19.2 Å². The van der Waals surface area contributed by atoms with Crippen LogP contribution >= 0.6 is 0 Å². The van der Waals surface area contributed by atoms with E-state index in [1.807, 2.05) is 37.3 Å². The molecule has 1 aromatic carbocycles. The number of carbonyl (C=O) groups excluding carboxylic acids is 1. The van der Waals surface area contributed by atoms with E-state index in [1.165, 1.54) is 12.8 Å². The van der Waals surface area contributed by atoms with Crippen molar-refractivity contribution in [2.24, 2.45) is 0 Å². The fourth-order valence-electron chi connectivity index (χ4n) is 2.22. The van der Waals surface area contributed by atoms with Crippen LogP contribution in [0, 0.1) is 0 Å². The summed E-state index contributed by atoms with van der Waals surface area (Å²) in [6.07, 6.45) is 3.99. The molecular formula is C15H19NO2. The molecule has 0 bridgehead atoms. The van der Waals surface area contributed by atoms with Gasteiger partial charge in [0.1, 0.15) is 0 Å². The van der Waals surface area contributed by atoms with E-state index in [4.69, 9.17) is 4.74 Å². The molecule has 0 unspecified atom stereocenters. The highest BCUT2D eigenvalue weighted by molar-refractivity contribution is 5.90. The van der Waals surface area contributed by atoms with Crippen LogP contribution in [0.2, 0.25) is 0 Å². The Labute approximate surface area is 108 Å². The van der Waals surface area contributed by atoms with E-state index >= 15 is 0 Å². The molecule has 1 aromatic rings. The van der Waals surface area contributed by atoms with Gasteiger partial charge in [-0.3, -0.25) is 0 Å². The van der Waals surface area contributed by atoms with Crippen LogP contribution in [-0.2, 0) is 9.53 Å². The van der Waals surface area contributed by atoms with E-state index in [1.54, 1.807) is 6.08 Å². The first-order valence-corrected chi connectivity index (χ1v) is 6.50. The maximum atomic E-state index is 11.7. The monoisotopic (exact) mass is 245 g/mol. The summed E-state index contributed by atoms with van der Waals surface area (Å²) in [6.45, 7) is 4.27. The predicted octanol–water partition coefficient (Wildman–Crippen LogP) is 2.69. The molecule has 1 heterocycles. The molecule has 96 valence electrons. The summed E-state index contributed by atoms with van der Waals surface area (Å²) in [5.74, 6) is -0.261. The Morgan fingerprint density at radius 3 is 2.56 bits per heavy atom. The molecule has 1 aliphatic heterocycles. The summed E-state index contributed by atoms with van der Waals surface area (Å²) < 4.78 is 5.01. The van der Waals surface area contributed by atoms with E-state index in [0.717, 1.165) is 24.4 Å². The minimum absolute atomic E-state index is 0.261. The molecule has 0 atom stereocenters. The number of benzene rings is 1. The maximum Gasteiger partial charge on any atom is 0.332 e. The average molecular weight is 245 g/mol. The van der Waals surface area contributed by atoms with E-state index < -0.39 is 0 Å². The van der Waals surface area contributed by atoms with Gasteiger partial charge in [0.05, 0.1) is 12.3 Å². The molecule has 3 nitrogen and oxygen atoms in total. The van der Waals surface area contributed by atoms with Gasteiger partial charge in [-0.05, 0) is 25.3 Å². The average Bonchev–Trinajstić information content (AvgIpc) is 2.91. The molecule has 3 heteroatoms. The van der Waals surface area contributed by atoms with Crippen LogP contribution in [0.1, 0.15) is 25.3 Å². The van der Waals surface area contributed by atoms with E-state index in [-0.39, 0.29) is 5.97 Å². The molecule has 18 heavy (non-hydrogen) atoms. The molecule has 0 aliphatic carbocycles. The first-order chi connectivity index (χ1) is 8.81. The van der Waals surface area contributed by atoms with Crippen LogP contribution in [0.3, 0.4) is 0 Å². The van der Waals surface area contributed by atoms with Crippen molar-refractivity contribution < 1.29 is 9.53 Å². The Bertz CT molecular complexity index is 419. The third-order valence-corrected chi connectivity index (χ3v) is 3.06. The second kappa shape index (κ2) is 6.24. The summed E-state index contributed by atoms with van der Waals surface area (Å²) in [5, 5.41) is 0. The number of ether oxygens (including phenoxy) is 1. The molecule has 0 amide bonds. The molecule has 1 fully saturated rings. The Morgan fingerprint density at radius 1 is 1.28 bits per heavy atom. The van der Waals surface area contributed by atoms with E-state index in [2.05, 4.69) is 4.90 Å². The van der Waals surface area contributed by atoms with Gasteiger partial charge in [-0.2, -0.15) is 0 Å². The van der Waals surface area contributed by atoms with Crippen LogP contribution in [0.25, 0.3) is 5.70 Å². The number of likely N-dealkylation sites (tertiary alicyclic amines) is 1. The highest BCUT2D eigenvalue weighted by Crippen LogP contribution is 2.23. The highest BCUT2D eigenvalue weighted by Gasteiger charge is 2.17. The molecule has 2 rings (SSSR count). The Hall–Kier alpha value is -1.77. The van der Waals surface area contributed by atoms with E-state index in [0.29, 0.717) is 6.61 Å². The second-order valence-corrected chi connectivity index (χ2v) is 4.34. The molecule has 1 aliphatic rings. The molecule has 0 spiro atoms. The second-order valence-electron chi connectivity index (χ2n) is 4.34.